The highest BCUT2D eigenvalue weighted by molar-refractivity contribution is 6.38. The molecular formula is C9H9Cl2N3O3. The van der Waals surface area contributed by atoms with Gasteiger partial charge in [-0.1, -0.05) is 23.2 Å². The van der Waals surface area contributed by atoms with Gasteiger partial charge in [-0.25, -0.2) is 9.97 Å². The Morgan fingerprint density at radius 3 is 2.65 bits per heavy atom. The van der Waals surface area contributed by atoms with Gasteiger partial charge in [0, 0.05) is 0 Å². The highest BCUT2D eigenvalue weighted by Gasteiger charge is 2.24. The van der Waals surface area contributed by atoms with E-state index in [1.807, 2.05) is 0 Å². The van der Waals surface area contributed by atoms with E-state index in [0.717, 1.165) is 0 Å². The summed E-state index contributed by atoms with van der Waals surface area (Å²) in [6, 6.07) is 0. The minimum atomic E-state index is -0.670. The first-order chi connectivity index (χ1) is 8.18. The highest BCUT2D eigenvalue weighted by atomic mass is 35.5. The summed E-state index contributed by atoms with van der Waals surface area (Å²) in [6.45, 7) is 1.07. The van der Waals surface area contributed by atoms with E-state index >= 15 is 0 Å². The minimum absolute atomic E-state index is 0.0788. The highest BCUT2D eigenvalue weighted by Crippen LogP contribution is 2.25. The van der Waals surface area contributed by atoms with E-state index in [-0.39, 0.29) is 28.5 Å². The van der Waals surface area contributed by atoms with E-state index < -0.39 is 6.10 Å². The molecule has 0 spiro atoms. The molecule has 1 aliphatic rings. The molecule has 6 nitrogen and oxygen atoms in total. The van der Waals surface area contributed by atoms with Crippen molar-refractivity contribution in [1.29, 1.82) is 0 Å². The zero-order valence-electron chi connectivity index (χ0n) is 8.65. The van der Waals surface area contributed by atoms with Crippen LogP contribution in [0.25, 0.3) is 0 Å². The summed E-state index contributed by atoms with van der Waals surface area (Å²) in [4.78, 5) is 19.2. The molecule has 0 aromatic carbocycles. The lowest BCUT2D eigenvalue weighted by Gasteiger charge is -2.22. The largest absolute Gasteiger partial charge is 0.376 e. The predicted octanol–water partition coefficient (Wildman–Crippen LogP) is 1.14. The van der Waals surface area contributed by atoms with Gasteiger partial charge in [0.2, 0.25) is 0 Å². The Morgan fingerprint density at radius 2 is 2.06 bits per heavy atom. The van der Waals surface area contributed by atoms with Crippen molar-refractivity contribution in [2.45, 2.75) is 6.10 Å². The Kier molecular flexibility index (Phi) is 4.11. The van der Waals surface area contributed by atoms with Gasteiger partial charge in [0.05, 0.1) is 19.8 Å². The van der Waals surface area contributed by atoms with Gasteiger partial charge in [-0.15, -0.1) is 0 Å². The molecule has 1 aliphatic heterocycles. The first kappa shape index (κ1) is 12.5. The third-order valence-electron chi connectivity index (χ3n) is 2.11. The Hall–Kier alpha value is -0.950. The lowest BCUT2D eigenvalue weighted by atomic mass is 10.3. The number of hydrogen-bond acceptors (Lipinski definition) is 5. The van der Waals surface area contributed by atoms with Crippen molar-refractivity contribution >= 4 is 34.8 Å². The number of aromatic nitrogens is 2. The van der Waals surface area contributed by atoms with Crippen LogP contribution < -0.4 is 5.32 Å². The second-order valence-corrected chi connectivity index (χ2v) is 3.97. The lowest BCUT2D eigenvalue weighted by Crippen LogP contribution is -2.39. The standard InChI is InChI=1S/C9H9Cl2N3O3/c10-7-6(8(11)13-4-12-7)14-9(15)5-3-16-1-2-17-5/h4-5H,1-3H2,(H,14,15). The summed E-state index contributed by atoms with van der Waals surface area (Å²) in [5, 5.41) is 2.67. The molecule has 1 unspecified atom stereocenters. The van der Waals surface area contributed by atoms with Crippen LogP contribution in [0.1, 0.15) is 0 Å². The Bertz CT molecular complexity index is 404. The van der Waals surface area contributed by atoms with Crippen LogP contribution in [0.2, 0.25) is 10.3 Å². The topological polar surface area (TPSA) is 73.3 Å². The van der Waals surface area contributed by atoms with E-state index in [2.05, 4.69) is 15.3 Å². The molecule has 8 heteroatoms. The van der Waals surface area contributed by atoms with Crippen molar-refractivity contribution in [2.24, 2.45) is 0 Å². The van der Waals surface area contributed by atoms with Crippen molar-refractivity contribution < 1.29 is 14.3 Å². The number of nitrogens with zero attached hydrogens (tertiary/aromatic N) is 2. The minimum Gasteiger partial charge on any atom is -0.376 e. The summed E-state index contributed by atoms with van der Waals surface area (Å²) in [5.74, 6) is -0.386. The van der Waals surface area contributed by atoms with Crippen LogP contribution in [0.5, 0.6) is 0 Å². The van der Waals surface area contributed by atoms with Gasteiger partial charge in [-0.05, 0) is 0 Å². The summed E-state index contributed by atoms with van der Waals surface area (Å²) >= 11 is 11.6. The van der Waals surface area contributed by atoms with Gasteiger partial charge in [-0.2, -0.15) is 0 Å². The molecule has 2 heterocycles. The number of carbonyl (C=O) groups is 1. The lowest BCUT2D eigenvalue weighted by molar-refractivity contribution is -0.142. The van der Waals surface area contributed by atoms with Crippen LogP contribution in [-0.2, 0) is 14.3 Å². The first-order valence-electron chi connectivity index (χ1n) is 4.84. The quantitative estimate of drug-likeness (QED) is 0.821. The maximum Gasteiger partial charge on any atom is 0.256 e. The van der Waals surface area contributed by atoms with Crippen LogP contribution in [0, 0.1) is 0 Å². The van der Waals surface area contributed by atoms with E-state index in [4.69, 9.17) is 32.7 Å². The number of nitrogens with one attached hydrogen (secondary N) is 1. The molecule has 1 saturated heterocycles. The molecule has 17 heavy (non-hydrogen) atoms. The molecule has 1 aromatic rings. The maximum atomic E-state index is 11.8. The monoisotopic (exact) mass is 277 g/mol. The van der Waals surface area contributed by atoms with Crippen LogP contribution in [0.15, 0.2) is 6.33 Å². The molecular weight excluding hydrogens is 269 g/mol. The predicted molar refractivity (Wildman–Crippen MR) is 61.2 cm³/mol. The first-order valence-corrected chi connectivity index (χ1v) is 5.60. The molecule has 1 aromatic heterocycles. The summed E-state index contributed by atoms with van der Waals surface area (Å²) in [6.07, 6.45) is 0.539. The zero-order chi connectivity index (χ0) is 12.3. The van der Waals surface area contributed by atoms with Crippen LogP contribution >= 0.6 is 23.2 Å². The number of amides is 1. The van der Waals surface area contributed by atoms with Crippen LogP contribution in [-0.4, -0.2) is 41.8 Å². The van der Waals surface area contributed by atoms with Gasteiger partial charge >= 0.3 is 0 Å². The Labute approximate surface area is 107 Å². The smallest absolute Gasteiger partial charge is 0.256 e. The molecule has 1 amide bonds. The SMILES string of the molecule is O=C(Nc1c(Cl)ncnc1Cl)C1COCCO1. The van der Waals surface area contributed by atoms with Crippen molar-refractivity contribution in [3.8, 4) is 0 Å². The van der Waals surface area contributed by atoms with Gasteiger partial charge in [0.25, 0.3) is 5.91 Å². The fraction of sp³-hybridized carbons (Fsp3) is 0.444. The van der Waals surface area contributed by atoms with Crippen molar-refractivity contribution in [1.82, 2.24) is 9.97 Å². The van der Waals surface area contributed by atoms with Gasteiger partial charge < -0.3 is 14.8 Å². The van der Waals surface area contributed by atoms with E-state index in [9.17, 15) is 4.79 Å². The Balaban J connectivity index is 2.07. The van der Waals surface area contributed by atoms with E-state index in [1.54, 1.807) is 0 Å². The number of ether oxygens (including phenoxy) is 2. The molecule has 2 rings (SSSR count). The molecule has 1 fully saturated rings. The third-order valence-corrected chi connectivity index (χ3v) is 2.68. The maximum absolute atomic E-state index is 11.8. The molecule has 0 saturated carbocycles. The van der Waals surface area contributed by atoms with Crippen molar-refractivity contribution in [3.63, 3.8) is 0 Å². The second kappa shape index (κ2) is 5.59. The molecule has 1 N–H and O–H groups in total. The average Bonchev–Trinajstić information content (AvgIpc) is 2.35. The van der Waals surface area contributed by atoms with Gasteiger partial charge in [-0.3, -0.25) is 4.79 Å². The van der Waals surface area contributed by atoms with Crippen LogP contribution in [0.4, 0.5) is 5.69 Å². The molecule has 0 bridgehead atoms. The van der Waals surface area contributed by atoms with Crippen molar-refractivity contribution in [2.75, 3.05) is 25.1 Å². The zero-order valence-corrected chi connectivity index (χ0v) is 10.2. The van der Waals surface area contributed by atoms with E-state index in [1.165, 1.54) is 6.33 Å². The molecule has 1 atom stereocenters. The normalized spacial score (nSPS) is 20.0. The number of anilines is 1. The van der Waals surface area contributed by atoms with Crippen molar-refractivity contribution in [3.05, 3.63) is 16.6 Å². The average molecular weight is 278 g/mol. The molecule has 0 radical (unpaired) electrons. The molecule has 0 aliphatic carbocycles. The Morgan fingerprint density at radius 1 is 1.35 bits per heavy atom. The number of carbonyl (C=O) groups excluding carboxylic acids is 1. The summed E-state index contributed by atoms with van der Waals surface area (Å²) < 4.78 is 10.3. The van der Waals surface area contributed by atoms with Gasteiger partial charge in [0.15, 0.2) is 16.4 Å². The number of rotatable bonds is 2. The fourth-order valence-corrected chi connectivity index (χ4v) is 1.70. The van der Waals surface area contributed by atoms with Gasteiger partial charge in [0.1, 0.15) is 12.0 Å². The van der Waals surface area contributed by atoms with E-state index in [0.29, 0.717) is 13.2 Å². The summed E-state index contributed by atoms with van der Waals surface area (Å²) in [7, 11) is 0. The fourth-order valence-electron chi connectivity index (χ4n) is 1.29. The van der Waals surface area contributed by atoms with Crippen LogP contribution in [0.3, 0.4) is 0 Å². The molecule has 92 valence electrons. The summed E-state index contributed by atoms with van der Waals surface area (Å²) in [5.41, 5.74) is 0.176. The second-order valence-electron chi connectivity index (χ2n) is 3.25. The number of halogens is 2. The number of hydrogen-bond donors (Lipinski definition) is 1. The third kappa shape index (κ3) is 3.04.